The fourth-order valence-electron chi connectivity index (χ4n) is 2.08. The average Bonchev–Trinajstić information content (AvgIpc) is 2.64. The Bertz CT molecular complexity index is 644. The Morgan fingerprint density at radius 2 is 2.17 bits per heavy atom. The molecule has 1 aliphatic rings. The van der Waals surface area contributed by atoms with Gasteiger partial charge in [0, 0.05) is 16.4 Å². The van der Waals surface area contributed by atoms with E-state index < -0.39 is 5.92 Å². The molecule has 1 aromatic carbocycles. The fourth-order valence-corrected chi connectivity index (χ4v) is 2.45. The summed E-state index contributed by atoms with van der Waals surface area (Å²) < 4.78 is 0.921. The Morgan fingerprint density at radius 1 is 1.33 bits per heavy atom. The van der Waals surface area contributed by atoms with Crippen LogP contribution in [0.2, 0.25) is 0 Å². The molecule has 1 aromatic heterocycles. The first kappa shape index (κ1) is 11.2. The number of nitrogens with one attached hydrogen (secondary N) is 1. The number of carbonyl (C=O) groups excluding carboxylic acids is 1. The Hall–Kier alpha value is -1.95. The topological polar surface area (TPSA) is 80.9 Å². The number of benzene rings is 1. The van der Waals surface area contributed by atoms with Crippen LogP contribution >= 0.6 is 15.9 Å². The van der Waals surface area contributed by atoms with Crippen LogP contribution in [0.4, 0.5) is 11.6 Å². The van der Waals surface area contributed by atoms with Gasteiger partial charge in [0.1, 0.15) is 5.92 Å². The number of nitrogen functional groups attached to an aromatic ring is 1. The third-order valence-electron chi connectivity index (χ3n) is 2.84. The van der Waals surface area contributed by atoms with Crippen LogP contribution in [0.1, 0.15) is 17.2 Å². The van der Waals surface area contributed by atoms with Gasteiger partial charge in [-0.1, -0.05) is 15.9 Å². The summed E-state index contributed by atoms with van der Waals surface area (Å²) in [6.45, 7) is 0. The number of rotatable bonds is 1. The smallest absolute Gasteiger partial charge is 0.238 e. The number of aromatic nitrogens is 2. The highest BCUT2D eigenvalue weighted by atomic mass is 79.9. The Kier molecular flexibility index (Phi) is 2.52. The molecule has 0 bridgehead atoms. The van der Waals surface area contributed by atoms with E-state index in [1.54, 1.807) is 12.3 Å². The molecule has 0 aliphatic carbocycles. The van der Waals surface area contributed by atoms with Crippen molar-refractivity contribution < 1.29 is 4.79 Å². The molecular weight excluding hydrogens is 296 g/mol. The van der Waals surface area contributed by atoms with Crippen molar-refractivity contribution >= 4 is 33.5 Å². The van der Waals surface area contributed by atoms with Gasteiger partial charge >= 0.3 is 0 Å². The largest absolute Gasteiger partial charge is 0.368 e. The van der Waals surface area contributed by atoms with Crippen molar-refractivity contribution in [2.45, 2.75) is 5.92 Å². The van der Waals surface area contributed by atoms with E-state index in [2.05, 4.69) is 31.2 Å². The van der Waals surface area contributed by atoms with Crippen molar-refractivity contribution in [2.75, 3.05) is 11.1 Å². The van der Waals surface area contributed by atoms with Gasteiger partial charge in [-0.3, -0.25) is 4.79 Å². The van der Waals surface area contributed by atoms with Crippen LogP contribution < -0.4 is 11.1 Å². The molecule has 1 atom stereocenters. The maximum absolute atomic E-state index is 12.0. The second-order valence-electron chi connectivity index (χ2n) is 3.99. The molecule has 0 saturated carbocycles. The zero-order valence-corrected chi connectivity index (χ0v) is 10.8. The van der Waals surface area contributed by atoms with Crippen molar-refractivity contribution in [1.82, 2.24) is 9.97 Å². The minimum absolute atomic E-state index is 0.0961. The minimum Gasteiger partial charge on any atom is -0.368 e. The average molecular weight is 305 g/mol. The van der Waals surface area contributed by atoms with E-state index in [-0.39, 0.29) is 11.9 Å². The lowest BCUT2D eigenvalue weighted by Gasteiger charge is -2.08. The summed E-state index contributed by atoms with van der Waals surface area (Å²) in [6.07, 6.45) is 1.56. The number of nitrogens with zero attached hydrogens (tertiary/aromatic N) is 2. The van der Waals surface area contributed by atoms with Crippen LogP contribution in [-0.2, 0) is 4.79 Å². The summed E-state index contributed by atoms with van der Waals surface area (Å²) in [5.41, 5.74) is 7.87. The number of hydrogen-bond acceptors (Lipinski definition) is 4. The maximum Gasteiger partial charge on any atom is 0.238 e. The first-order chi connectivity index (χ1) is 8.65. The molecule has 1 aliphatic heterocycles. The fraction of sp³-hybridized carbons (Fsp3) is 0.0833. The van der Waals surface area contributed by atoms with E-state index in [4.69, 9.17) is 5.73 Å². The Labute approximate surface area is 112 Å². The lowest BCUT2D eigenvalue weighted by molar-refractivity contribution is -0.116. The molecule has 3 N–H and O–H groups in total. The third-order valence-corrected chi connectivity index (χ3v) is 3.33. The van der Waals surface area contributed by atoms with Gasteiger partial charge in [0.05, 0.1) is 5.69 Å². The predicted molar refractivity (Wildman–Crippen MR) is 71.1 cm³/mol. The van der Waals surface area contributed by atoms with Crippen molar-refractivity contribution in [2.24, 2.45) is 0 Å². The van der Waals surface area contributed by atoms with Crippen LogP contribution in [0.3, 0.4) is 0 Å². The summed E-state index contributed by atoms with van der Waals surface area (Å²) in [7, 11) is 0. The highest BCUT2D eigenvalue weighted by molar-refractivity contribution is 9.10. The molecule has 1 unspecified atom stereocenters. The molecule has 18 heavy (non-hydrogen) atoms. The monoisotopic (exact) mass is 304 g/mol. The molecule has 2 aromatic rings. The number of carbonyl (C=O) groups is 1. The zero-order chi connectivity index (χ0) is 12.7. The molecular formula is C12H9BrN4O. The number of halogens is 1. The van der Waals surface area contributed by atoms with E-state index in [9.17, 15) is 4.79 Å². The molecule has 2 heterocycles. The number of fused-ring (bicyclic) bond motifs is 1. The van der Waals surface area contributed by atoms with Gasteiger partial charge in [-0.05, 0) is 29.8 Å². The van der Waals surface area contributed by atoms with Gasteiger partial charge in [0.2, 0.25) is 11.9 Å². The predicted octanol–water partition coefficient (Wildman–Crippen LogP) is 1.91. The highest BCUT2D eigenvalue weighted by Gasteiger charge is 2.33. The molecule has 1 amide bonds. The lowest BCUT2D eigenvalue weighted by atomic mass is 9.97. The van der Waals surface area contributed by atoms with Gasteiger partial charge < -0.3 is 11.1 Å². The van der Waals surface area contributed by atoms with Crippen molar-refractivity contribution in [3.8, 4) is 0 Å². The number of hydrogen-bond donors (Lipinski definition) is 2. The first-order valence-electron chi connectivity index (χ1n) is 5.34. The Morgan fingerprint density at radius 3 is 2.94 bits per heavy atom. The molecule has 90 valence electrons. The van der Waals surface area contributed by atoms with Crippen LogP contribution in [0, 0.1) is 0 Å². The van der Waals surface area contributed by atoms with Gasteiger partial charge in [-0.15, -0.1) is 0 Å². The van der Waals surface area contributed by atoms with Crippen molar-refractivity contribution in [3.63, 3.8) is 0 Å². The second kappa shape index (κ2) is 4.06. The summed E-state index contributed by atoms with van der Waals surface area (Å²) in [6, 6.07) is 7.37. The van der Waals surface area contributed by atoms with E-state index in [0.29, 0.717) is 5.69 Å². The minimum atomic E-state index is -0.428. The van der Waals surface area contributed by atoms with Gasteiger partial charge in [-0.2, -0.15) is 0 Å². The van der Waals surface area contributed by atoms with E-state index in [0.717, 1.165) is 15.7 Å². The molecule has 0 fully saturated rings. The van der Waals surface area contributed by atoms with E-state index in [1.165, 1.54) is 0 Å². The molecule has 0 saturated heterocycles. The van der Waals surface area contributed by atoms with Crippen LogP contribution in [0.15, 0.2) is 34.9 Å². The van der Waals surface area contributed by atoms with Crippen LogP contribution in [0.25, 0.3) is 0 Å². The highest BCUT2D eigenvalue weighted by Crippen LogP contribution is 2.37. The number of anilines is 2. The van der Waals surface area contributed by atoms with E-state index >= 15 is 0 Å². The van der Waals surface area contributed by atoms with E-state index in [1.807, 2.05) is 18.2 Å². The SMILES string of the molecule is Nc1nccc(C2C(=O)Nc3ccc(Br)cc32)n1. The third kappa shape index (κ3) is 1.74. The standard InChI is InChI=1S/C12H9BrN4O/c13-6-1-2-8-7(5-6)10(11(18)16-8)9-3-4-15-12(14)17-9/h1-5,10H,(H,16,18)(H2,14,15,17). The maximum atomic E-state index is 12.0. The molecule has 0 spiro atoms. The first-order valence-corrected chi connectivity index (χ1v) is 6.13. The quantitative estimate of drug-likeness (QED) is 0.843. The van der Waals surface area contributed by atoms with Gasteiger partial charge in [-0.25, -0.2) is 9.97 Å². The zero-order valence-electron chi connectivity index (χ0n) is 9.22. The summed E-state index contributed by atoms with van der Waals surface area (Å²) >= 11 is 3.40. The molecule has 3 rings (SSSR count). The summed E-state index contributed by atoms with van der Waals surface area (Å²) in [4.78, 5) is 20.0. The van der Waals surface area contributed by atoms with Crippen molar-refractivity contribution in [1.29, 1.82) is 0 Å². The van der Waals surface area contributed by atoms with Crippen LogP contribution in [0.5, 0.6) is 0 Å². The van der Waals surface area contributed by atoms with Crippen LogP contribution in [-0.4, -0.2) is 15.9 Å². The molecule has 5 nitrogen and oxygen atoms in total. The van der Waals surface area contributed by atoms with Crippen molar-refractivity contribution in [3.05, 3.63) is 46.2 Å². The molecule has 0 radical (unpaired) electrons. The normalized spacial score (nSPS) is 17.4. The van der Waals surface area contributed by atoms with Gasteiger partial charge in [0.25, 0.3) is 0 Å². The van der Waals surface area contributed by atoms with Gasteiger partial charge in [0.15, 0.2) is 0 Å². The number of nitrogens with two attached hydrogens (primary N) is 1. The Balaban J connectivity index is 2.14. The lowest BCUT2D eigenvalue weighted by Crippen LogP contribution is -2.15. The molecule has 6 heteroatoms. The number of amides is 1. The summed E-state index contributed by atoms with van der Waals surface area (Å²) in [5, 5.41) is 2.83. The summed E-state index contributed by atoms with van der Waals surface area (Å²) in [5.74, 6) is -0.354. The second-order valence-corrected chi connectivity index (χ2v) is 4.91.